The molecular weight excluding hydrogens is 388 g/mol. The summed E-state index contributed by atoms with van der Waals surface area (Å²) in [4.78, 5) is 25.7. The minimum atomic E-state index is -0.385. The number of carbonyl (C=O) groups is 2. The maximum Gasteiger partial charge on any atom is 0.338 e. The molecule has 5 rings (SSSR count). The first-order valence-electron chi connectivity index (χ1n) is 11.5. The molecule has 4 heteroatoms. The Balaban J connectivity index is 1.34. The van der Waals surface area contributed by atoms with Gasteiger partial charge >= 0.3 is 11.9 Å². The zero-order chi connectivity index (χ0) is 21.5. The summed E-state index contributed by atoms with van der Waals surface area (Å²) in [6.07, 6.45) is 4.70. The fourth-order valence-corrected chi connectivity index (χ4v) is 6.14. The van der Waals surface area contributed by atoms with Crippen molar-refractivity contribution in [2.75, 3.05) is 0 Å². The smallest absolute Gasteiger partial charge is 0.338 e. The van der Waals surface area contributed by atoms with E-state index in [1.54, 1.807) is 24.3 Å². The Morgan fingerprint density at radius 3 is 1.42 bits per heavy atom. The molecule has 2 bridgehead atoms. The van der Waals surface area contributed by atoms with Gasteiger partial charge in [-0.25, -0.2) is 9.59 Å². The quantitative estimate of drug-likeness (QED) is 0.614. The fraction of sp³-hybridized carbons (Fsp3) is 0.481. The van der Waals surface area contributed by atoms with Gasteiger partial charge in [-0.1, -0.05) is 35.4 Å². The first kappa shape index (κ1) is 20.3. The summed E-state index contributed by atoms with van der Waals surface area (Å²) in [5.74, 6) is 1.99. The molecule has 0 spiro atoms. The van der Waals surface area contributed by atoms with Gasteiger partial charge in [-0.15, -0.1) is 0 Å². The Labute approximate surface area is 183 Å². The van der Waals surface area contributed by atoms with E-state index in [1.807, 2.05) is 38.1 Å². The molecule has 0 amide bonds. The van der Waals surface area contributed by atoms with Crippen LogP contribution in [-0.2, 0) is 9.47 Å². The summed E-state index contributed by atoms with van der Waals surface area (Å²) in [5.41, 5.74) is 3.29. The number of carbonyl (C=O) groups excluding carboxylic acids is 2. The van der Waals surface area contributed by atoms with Crippen LogP contribution in [0.1, 0.15) is 63.9 Å². The van der Waals surface area contributed by atoms with Crippen molar-refractivity contribution in [3.05, 3.63) is 70.8 Å². The average molecular weight is 419 g/mol. The molecule has 6 unspecified atom stereocenters. The highest BCUT2D eigenvalue weighted by Crippen LogP contribution is 2.58. The van der Waals surface area contributed by atoms with Gasteiger partial charge in [0.15, 0.2) is 0 Å². The van der Waals surface area contributed by atoms with Crippen molar-refractivity contribution in [1.82, 2.24) is 0 Å². The molecule has 3 fully saturated rings. The van der Waals surface area contributed by atoms with Crippen LogP contribution in [0.5, 0.6) is 0 Å². The topological polar surface area (TPSA) is 52.6 Å². The van der Waals surface area contributed by atoms with E-state index in [9.17, 15) is 9.59 Å². The molecule has 0 N–H and O–H groups in total. The van der Waals surface area contributed by atoms with Crippen molar-refractivity contribution in [1.29, 1.82) is 0 Å². The van der Waals surface area contributed by atoms with E-state index in [0.29, 0.717) is 23.0 Å². The normalized spacial score (nSPS) is 31.2. The average Bonchev–Trinajstić information content (AvgIpc) is 3.37. The summed E-state index contributed by atoms with van der Waals surface area (Å²) >= 11 is 0. The number of ether oxygens (including phenoxy) is 2. The van der Waals surface area contributed by atoms with Gasteiger partial charge in [-0.05, 0) is 93.9 Å². The number of fused-ring (bicyclic) bond motifs is 5. The largest absolute Gasteiger partial charge is 0.455 e. The molecule has 0 heterocycles. The van der Waals surface area contributed by atoms with Crippen molar-refractivity contribution in [3.8, 4) is 0 Å². The molecule has 2 aromatic carbocycles. The second-order valence-corrected chi connectivity index (χ2v) is 9.75. The van der Waals surface area contributed by atoms with Crippen LogP contribution in [-0.4, -0.2) is 24.1 Å². The van der Waals surface area contributed by atoms with Crippen molar-refractivity contribution < 1.29 is 19.1 Å². The molecular formula is C27H30O4. The summed E-state index contributed by atoms with van der Waals surface area (Å²) in [6.45, 7) is 3.98. The van der Waals surface area contributed by atoms with E-state index in [-0.39, 0.29) is 24.1 Å². The fourth-order valence-electron chi connectivity index (χ4n) is 6.14. The van der Waals surface area contributed by atoms with Crippen LogP contribution in [0.15, 0.2) is 48.5 Å². The van der Waals surface area contributed by atoms with E-state index in [4.69, 9.17) is 9.47 Å². The van der Waals surface area contributed by atoms with Gasteiger partial charge in [0.25, 0.3) is 0 Å². The van der Waals surface area contributed by atoms with Crippen molar-refractivity contribution in [2.24, 2.45) is 23.7 Å². The third-order valence-corrected chi connectivity index (χ3v) is 7.79. The molecule has 3 saturated carbocycles. The van der Waals surface area contributed by atoms with Gasteiger partial charge in [0.1, 0.15) is 12.2 Å². The minimum Gasteiger partial charge on any atom is -0.455 e. The van der Waals surface area contributed by atoms with Crippen LogP contribution in [0.4, 0.5) is 0 Å². The van der Waals surface area contributed by atoms with Gasteiger partial charge in [0.2, 0.25) is 0 Å². The predicted molar refractivity (Wildman–Crippen MR) is 118 cm³/mol. The number of rotatable bonds is 4. The number of hydrogen-bond donors (Lipinski definition) is 0. The van der Waals surface area contributed by atoms with Crippen molar-refractivity contribution in [3.63, 3.8) is 0 Å². The lowest BCUT2D eigenvalue weighted by Crippen LogP contribution is -2.45. The van der Waals surface area contributed by atoms with Gasteiger partial charge in [-0.3, -0.25) is 0 Å². The molecule has 31 heavy (non-hydrogen) atoms. The molecule has 2 aromatic rings. The highest BCUT2D eigenvalue weighted by atomic mass is 16.6. The standard InChI is InChI=1S/C27H30O4/c1-16-3-7-18(8-4-16)26(28)30-24-14-22-20-11-12-21(13-20)23(22)15-25(24)31-27(29)19-9-5-17(2)6-10-19/h3-10,20-25H,11-15H2,1-2H3. The lowest BCUT2D eigenvalue weighted by molar-refractivity contribution is -0.0822. The summed E-state index contributed by atoms with van der Waals surface area (Å²) < 4.78 is 12.0. The second kappa shape index (κ2) is 8.14. The van der Waals surface area contributed by atoms with Gasteiger partial charge < -0.3 is 9.47 Å². The molecule has 0 radical (unpaired) electrons. The molecule has 0 saturated heterocycles. The number of hydrogen-bond acceptors (Lipinski definition) is 4. The highest BCUT2D eigenvalue weighted by Gasteiger charge is 2.53. The molecule has 0 aromatic heterocycles. The zero-order valence-corrected chi connectivity index (χ0v) is 18.3. The maximum atomic E-state index is 12.9. The molecule has 3 aliphatic rings. The Hall–Kier alpha value is -2.62. The summed E-state index contributed by atoms with van der Waals surface area (Å²) in [5, 5.41) is 0. The third kappa shape index (κ3) is 4.00. The van der Waals surface area contributed by atoms with Crippen molar-refractivity contribution >= 4 is 11.9 Å². The van der Waals surface area contributed by atoms with Crippen LogP contribution >= 0.6 is 0 Å². The SMILES string of the molecule is Cc1ccc(C(=O)OC2CC3C4CCC(C4)C3CC2OC(=O)c2ccc(C)cc2)cc1. The van der Waals surface area contributed by atoms with E-state index in [0.717, 1.165) is 35.8 Å². The molecule has 3 aliphatic carbocycles. The van der Waals surface area contributed by atoms with Crippen LogP contribution in [0.25, 0.3) is 0 Å². The Bertz CT molecular complexity index is 882. The molecule has 6 atom stereocenters. The van der Waals surface area contributed by atoms with Gasteiger partial charge in [-0.2, -0.15) is 0 Å². The molecule has 4 nitrogen and oxygen atoms in total. The van der Waals surface area contributed by atoms with Crippen LogP contribution in [0.3, 0.4) is 0 Å². The van der Waals surface area contributed by atoms with Crippen LogP contribution < -0.4 is 0 Å². The van der Waals surface area contributed by atoms with Gasteiger partial charge in [0, 0.05) is 0 Å². The number of esters is 2. The van der Waals surface area contributed by atoms with E-state index < -0.39 is 0 Å². The lowest BCUT2D eigenvalue weighted by Gasteiger charge is -2.42. The monoisotopic (exact) mass is 418 g/mol. The van der Waals surface area contributed by atoms with E-state index >= 15 is 0 Å². The zero-order valence-electron chi connectivity index (χ0n) is 18.3. The van der Waals surface area contributed by atoms with Gasteiger partial charge in [0.05, 0.1) is 11.1 Å². The van der Waals surface area contributed by atoms with E-state index in [2.05, 4.69) is 0 Å². The first-order valence-corrected chi connectivity index (χ1v) is 11.5. The van der Waals surface area contributed by atoms with Crippen LogP contribution in [0.2, 0.25) is 0 Å². The summed E-state index contributed by atoms with van der Waals surface area (Å²) in [6, 6.07) is 14.9. The minimum absolute atomic E-state index is 0.331. The van der Waals surface area contributed by atoms with Crippen LogP contribution in [0, 0.1) is 37.5 Å². The molecule has 0 aliphatic heterocycles. The number of aryl methyl sites for hydroxylation is 2. The number of benzene rings is 2. The highest BCUT2D eigenvalue weighted by molar-refractivity contribution is 5.90. The summed E-state index contributed by atoms with van der Waals surface area (Å²) in [7, 11) is 0. The Morgan fingerprint density at radius 2 is 1.03 bits per heavy atom. The predicted octanol–water partition coefficient (Wildman–Crippen LogP) is 5.51. The lowest BCUT2D eigenvalue weighted by atomic mass is 9.69. The third-order valence-electron chi connectivity index (χ3n) is 7.79. The Morgan fingerprint density at radius 1 is 0.645 bits per heavy atom. The van der Waals surface area contributed by atoms with E-state index in [1.165, 1.54) is 19.3 Å². The Kier molecular flexibility index (Phi) is 5.33. The maximum absolute atomic E-state index is 12.9. The molecule has 162 valence electrons. The van der Waals surface area contributed by atoms with Crippen molar-refractivity contribution in [2.45, 2.75) is 58.2 Å². The first-order chi connectivity index (χ1) is 15.0. The second-order valence-electron chi connectivity index (χ2n) is 9.75.